The predicted molar refractivity (Wildman–Crippen MR) is 90.9 cm³/mol. The van der Waals surface area contributed by atoms with E-state index < -0.39 is 0 Å². The van der Waals surface area contributed by atoms with Crippen LogP contribution in [0.3, 0.4) is 0 Å². The molecule has 0 atom stereocenters. The van der Waals surface area contributed by atoms with E-state index in [4.69, 9.17) is 21.1 Å². The van der Waals surface area contributed by atoms with Crippen LogP contribution in [0.15, 0.2) is 42.7 Å². The van der Waals surface area contributed by atoms with Gasteiger partial charge in [-0.3, -0.25) is 4.79 Å². The zero-order chi connectivity index (χ0) is 17.1. The molecule has 0 saturated carbocycles. The highest BCUT2D eigenvalue weighted by molar-refractivity contribution is 6.30. The summed E-state index contributed by atoms with van der Waals surface area (Å²) in [6.45, 7) is 0.355. The average molecular weight is 346 g/mol. The summed E-state index contributed by atoms with van der Waals surface area (Å²) in [5.74, 6) is 1.00. The third-order valence-corrected chi connectivity index (χ3v) is 3.77. The van der Waals surface area contributed by atoms with E-state index in [1.165, 1.54) is 0 Å². The third kappa shape index (κ3) is 3.28. The van der Waals surface area contributed by atoms with E-state index in [2.05, 4.69) is 10.3 Å². The van der Waals surface area contributed by atoms with Gasteiger partial charge in [0, 0.05) is 18.9 Å². The topological polar surface area (TPSA) is 64.9 Å². The molecule has 0 fully saturated rings. The first-order valence-electron chi connectivity index (χ1n) is 7.24. The van der Waals surface area contributed by atoms with Crippen LogP contribution in [0.25, 0.3) is 5.65 Å². The molecule has 1 N–H and O–H groups in total. The number of pyridine rings is 1. The summed E-state index contributed by atoms with van der Waals surface area (Å²) in [5.41, 5.74) is 1.89. The van der Waals surface area contributed by atoms with Crippen LogP contribution in [0.5, 0.6) is 11.5 Å². The minimum Gasteiger partial charge on any atom is -0.493 e. The van der Waals surface area contributed by atoms with E-state index in [1.54, 1.807) is 49.2 Å². The van der Waals surface area contributed by atoms with E-state index in [-0.39, 0.29) is 5.91 Å². The number of benzene rings is 1. The van der Waals surface area contributed by atoms with E-state index >= 15 is 0 Å². The Morgan fingerprint density at radius 3 is 2.71 bits per heavy atom. The Bertz CT molecular complexity index is 892. The molecule has 24 heavy (non-hydrogen) atoms. The van der Waals surface area contributed by atoms with Gasteiger partial charge in [-0.2, -0.15) is 0 Å². The third-order valence-electron chi connectivity index (χ3n) is 3.55. The lowest BCUT2D eigenvalue weighted by Crippen LogP contribution is -2.23. The van der Waals surface area contributed by atoms with E-state index in [1.807, 2.05) is 12.1 Å². The van der Waals surface area contributed by atoms with Crippen molar-refractivity contribution in [2.45, 2.75) is 6.54 Å². The Morgan fingerprint density at radius 2 is 1.96 bits per heavy atom. The minimum atomic E-state index is -0.260. The fraction of sp³-hybridized carbons (Fsp3) is 0.176. The molecule has 2 aromatic heterocycles. The summed E-state index contributed by atoms with van der Waals surface area (Å²) >= 11 is 5.93. The van der Waals surface area contributed by atoms with Gasteiger partial charge in [0.05, 0.1) is 19.2 Å². The van der Waals surface area contributed by atoms with Crippen LogP contribution in [-0.4, -0.2) is 29.5 Å². The van der Waals surface area contributed by atoms with Gasteiger partial charge in [-0.25, -0.2) is 4.98 Å². The summed E-state index contributed by atoms with van der Waals surface area (Å²) in [5, 5.41) is 3.42. The average Bonchev–Trinajstić information content (AvgIpc) is 3.02. The number of halogens is 1. The number of aromatic nitrogens is 2. The molecule has 124 valence electrons. The molecule has 0 aliphatic rings. The number of imidazole rings is 1. The van der Waals surface area contributed by atoms with Crippen molar-refractivity contribution in [2.75, 3.05) is 14.2 Å². The Balaban J connectivity index is 1.72. The molecule has 0 aliphatic heterocycles. The second kappa shape index (κ2) is 6.80. The zero-order valence-corrected chi connectivity index (χ0v) is 14.0. The van der Waals surface area contributed by atoms with Crippen molar-refractivity contribution in [1.82, 2.24) is 14.7 Å². The Morgan fingerprint density at radius 1 is 1.17 bits per heavy atom. The van der Waals surface area contributed by atoms with Crippen molar-refractivity contribution in [2.24, 2.45) is 0 Å². The zero-order valence-electron chi connectivity index (χ0n) is 13.2. The van der Waals surface area contributed by atoms with Crippen molar-refractivity contribution in [3.63, 3.8) is 0 Å². The number of nitrogens with one attached hydrogen (secondary N) is 1. The van der Waals surface area contributed by atoms with Gasteiger partial charge in [0.15, 0.2) is 11.5 Å². The molecule has 6 nitrogen and oxygen atoms in total. The maximum absolute atomic E-state index is 12.3. The van der Waals surface area contributed by atoms with Crippen LogP contribution in [0.1, 0.15) is 16.1 Å². The Kier molecular flexibility index (Phi) is 4.57. The summed E-state index contributed by atoms with van der Waals surface area (Å²) in [6.07, 6.45) is 3.35. The Hall–Kier alpha value is -2.73. The predicted octanol–water partition coefficient (Wildman–Crippen LogP) is 2.93. The molecule has 0 radical (unpaired) electrons. The summed E-state index contributed by atoms with van der Waals surface area (Å²) in [4.78, 5) is 16.5. The highest BCUT2D eigenvalue weighted by Gasteiger charge is 2.11. The quantitative estimate of drug-likeness (QED) is 0.772. The van der Waals surface area contributed by atoms with Gasteiger partial charge in [-0.15, -0.1) is 0 Å². The molecule has 0 unspecified atom stereocenters. The van der Waals surface area contributed by atoms with Gasteiger partial charge in [0.1, 0.15) is 11.3 Å². The summed E-state index contributed by atoms with van der Waals surface area (Å²) < 4.78 is 12.2. The van der Waals surface area contributed by atoms with Crippen molar-refractivity contribution in [3.05, 3.63) is 59.0 Å². The fourth-order valence-electron chi connectivity index (χ4n) is 2.34. The monoisotopic (exact) mass is 345 g/mol. The molecule has 0 aliphatic carbocycles. The highest BCUT2D eigenvalue weighted by Crippen LogP contribution is 2.27. The van der Waals surface area contributed by atoms with E-state index in [9.17, 15) is 4.79 Å². The molecule has 1 amide bonds. The maximum Gasteiger partial charge on any atom is 0.271 e. The van der Waals surface area contributed by atoms with Crippen LogP contribution in [0, 0.1) is 0 Å². The molecular weight excluding hydrogens is 330 g/mol. The van der Waals surface area contributed by atoms with Crippen molar-refractivity contribution in [1.29, 1.82) is 0 Å². The molecular formula is C17H16ClN3O3. The van der Waals surface area contributed by atoms with Crippen LogP contribution in [0.4, 0.5) is 0 Å². The second-order valence-corrected chi connectivity index (χ2v) is 5.55. The van der Waals surface area contributed by atoms with Gasteiger partial charge in [0.2, 0.25) is 0 Å². The lowest BCUT2D eigenvalue weighted by Gasteiger charge is -2.10. The number of carbonyl (C=O) groups is 1. The van der Waals surface area contributed by atoms with E-state index in [0.717, 1.165) is 5.56 Å². The number of methoxy groups -OCH3 is 2. The van der Waals surface area contributed by atoms with Crippen LogP contribution < -0.4 is 14.8 Å². The fourth-order valence-corrected chi connectivity index (χ4v) is 2.51. The normalized spacial score (nSPS) is 10.6. The summed E-state index contributed by atoms with van der Waals surface area (Å²) in [7, 11) is 3.15. The number of rotatable bonds is 5. The first-order valence-corrected chi connectivity index (χ1v) is 7.62. The highest BCUT2D eigenvalue weighted by atomic mass is 35.5. The van der Waals surface area contributed by atoms with Crippen molar-refractivity contribution >= 4 is 23.2 Å². The summed E-state index contributed by atoms with van der Waals surface area (Å²) in [6, 6.07) is 8.98. The number of fused-ring (bicyclic) bond motifs is 1. The largest absolute Gasteiger partial charge is 0.493 e. The first kappa shape index (κ1) is 16.1. The van der Waals surface area contributed by atoms with Gasteiger partial charge < -0.3 is 19.2 Å². The minimum absolute atomic E-state index is 0.260. The smallest absolute Gasteiger partial charge is 0.271 e. The molecule has 0 spiro atoms. The van der Waals surface area contributed by atoms with Gasteiger partial charge in [0.25, 0.3) is 5.91 Å². The molecule has 0 bridgehead atoms. The molecule has 3 aromatic rings. The number of hydrogen-bond acceptors (Lipinski definition) is 4. The SMILES string of the molecule is COc1ccc(CNC(=O)c2cn3cc(Cl)ccc3n2)cc1OC. The standard InChI is InChI=1S/C17H16ClN3O3/c1-23-14-5-3-11(7-15(14)24-2)8-19-17(22)13-10-21-9-12(18)4-6-16(21)20-13/h3-7,9-10H,8H2,1-2H3,(H,19,22). The number of nitrogens with zero attached hydrogens (tertiary/aromatic N) is 2. The maximum atomic E-state index is 12.3. The molecule has 3 rings (SSSR count). The second-order valence-electron chi connectivity index (χ2n) is 5.11. The van der Waals surface area contributed by atoms with Crippen molar-refractivity contribution in [3.8, 4) is 11.5 Å². The molecule has 1 aromatic carbocycles. The molecule has 0 saturated heterocycles. The lowest BCUT2D eigenvalue weighted by atomic mass is 10.2. The van der Waals surface area contributed by atoms with Gasteiger partial charge in [-0.05, 0) is 29.8 Å². The van der Waals surface area contributed by atoms with Crippen LogP contribution >= 0.6 is 11.6 Å². The van der Waals surface area contributed by atoms with Gasteiger partial charge >= 0.3 is 0 Å². The van der Waals surface area contributed by atoms with Gasteiger partial charge in [-0.1, -0.05) is 17.7 Å². The number of hydrogen-bond donors (Lipinski definition) is 1. The van der Waals surface area contributed by atoms with Crippen LogP contribution in [-0.2, 0) is 6.54 Å². The molecule has 2 heterocycles. The van der Waals surface area contributed by atoms with Crippen molar-refractivity contribution < 1.29 is 14.3 Å². The van der Waals surface area contributed by atoms with E-state index in [0.29, 0.717) is 34.4 Å². The number of amides is 1. The first-order chi connectivity index (χ1) is 11.6. The van der Waals surface area contributed by atoms with Crippen LogP contribution in [0.2, 0.25) is 5.02 Å². The number of ether oxygens (including phenoxy) is 2. The lowest BCUT2D eigenvalue weighted by molar-refractivity contribution is 0.0946. The molecule has 7 heteroatoms. The number of carbonyl (C=O) groups excluding carboxylic acids is 1. The Labute approximate surface area is 144 Å².